The number of benzene rings is 2. The second-order valence-electron chi connectivity index (χ2n) is 7.97. The lowest BCUT2D eigenvalue weighted by Gasteiger charge is -2.36. The van der Waals surface area contributed by atoms with Gasteiger partial charge >= 0.3 is 0 Å². The van der Waals surface area contributed by atoms with Crippen LogP contribution in [0, 0.1) is 0 Å². The number of para-hydroxylation sites is 1. The fraction of sp³-hybridized carbons (Fsp3) is 0.480. The van der Waals surface area contributed by atoms with Gasteiger partial charge in [-0.3, -0.25) is 9.69 Å². The number of nitrogens with one attached hydrogen (secondary N) is 1. The fourth-order valence-electron chi connectivity index (χ4n) is 3.91. The van der Waals surface area contributed by atoms with Crippen molar-refractivity contribution < 1.29 is 14.3 Å². The molecule has 0 atom stereocenters. The van der Waals surface area contributed by atoms with Gasteiger partial charge in [-0.15, -0.1) is 0 Å². The first-order valence-electron chi connectivity index (χ1n) is 11.3. The molecule has 1 heterocycles. The molecule has 3 rings (SSSR count). The van der Waals surface area contributed by atoms with E-state index in [1.54, 1.807) is 13.2 Å². The van der Waals surface area contributed by atoms with Gasteiger partial charge in [-0.2, -0.15) is 0 Å². The van der Waals surface area contributed by atoms with Crippen LogP contribution in [0.25, 0.3) is 0 Å². The van der Waals surface area contributed by atoms with Gasteiger partial charge in [0.1, 0.15) is 0 Å². The van der Waals surface area contributed by atoms with Crippen LogP contribution in [0.3, 0.4) is 0 Å². The van der Waals surface area contributed by atoms with Gasteiger partial charge in [0.05, 0.1) is 13.7 Å². The van der Waals surface area contributed by atoms with Crippen molar-refractivity contribution >= 4 is 17.3 Å². The molecule has 1 aliphatic rings. The van der Waals surface area contributed by atoms with E-state index in [1.807, 2.05) is 12.1 Å². The number of methoxy groups -OCH3 is 1. The molecule has 2 aromatic rings. The Labute approximate surface area is 186 Å². The van der Waals surface area contributed by atoms with Crippen molar-refractivity contribution in [3.05, 3.63) is 48.5 Å². The van der Waals surface area contributed by atoms with Crippen molar-refractivity contribution in [2.75, 3.05) is 56.7 Å². The molecule has 0 radical (unpaired) electrons. The number of ether oxygens (including phenoxy) is 2. The summed E-state index contributed by atoms with van der Waals surface area (Å²) in [5.74, 6) is 1.25. The predicted octanol–water partition coefficient (Wildman–Crippen LogP) is 4.42. The fourth-order valence-corrected chi connectivity index (χ4v) is 3.91. The van der Waals surface area contributed by atoms with Crippen molar-refractivity contribution in [1.29, 1.82) is 0 Å². The molecule has 1 N–H and O–H groups in total. The number of rotatable bonds is 11. The lowest BCUT2D eigenvalue weighted by molar-refractivity contribution is -0.114. The van der Waals surface area contributed by atoms with E-state index < -0.39 is 0 Å². The van der Waals surface area contributed by atoms with Gasteiger partial charge in [-0.1, -0.05) is 31.0 Å². The molecular formula is C25H35N3O3. The monoisotopic (exact) mass is 425 g/mol. The molecule has 6 nitrogen and oxygen atoms in total. The molecule has 168 valence electrons. The highest BCUT2D eigenvalue weighted by Crippen LogP contribution is 2.30. The summed E-state index contributed by atoms with van der Waals surface area (Å²) >= 11 is 0. The molecule has 6 heteroatoms. The van der Waals surface area contributed by atoms with Crippen molar-refractivity contribution in [2.24, 2.45) is 0 Å². The van der Waals surface area contributed by atoms with Crippen LogP contribution in [-0.4, -0.2) is 57.2 Å². The van der Waals surface area contributed by atoms with Crippen LogP contribution in [-0.2, 0) is 4.79 Å². The molecule has 1 amide bonds. The van der Waals surface area contributed by atoms with Gasteiger partial charge in [0.25, 0.3) is 0 Å². The predicted molar refractivity (Wildman–Crippen MR) is 126 cm³/mol. The first kappa shape index (κ1) is 22.9. The second kappa shape index (κ2) is 12.2. The minimum Gasteiger partial charge on any atom is -0.493 e. The molecule has 0 unspecified atom stereocenters. The zero-order valence-corrected chi connectivity index (χ0v) is 18.8. The zero-order valence-electron chi connectivity index (χ0n) is 18.8. The Morgan fingerprint density at radius 3 is 2.39 bits per heavy atom. The van der Waals surface area contributed by atoms with Crippen LogP contribution in [0.5, 0.6) is 11.5 Å². The number of unbranched alkanes of at least 4 members (excludes halogenated alkanes) is 3. The van der Waals surface area contributed by atoms with Crippen LogP contribution >= 0.6 is 0 Å². The number of nitrogens with zero attached hydrogens (tertiary/aromatic N) is 2. The van der Waals surface area contributed by atoms with E-state index in [1.165, 1.54) is 32.0 Å². The Bertz CT molecular complexity index is 805. The van der Waals surface area contributed by atoms with Crippen LogP contribution in [0.1, 0.15) is 32.6 Å². The average Bonchev–Trinajstić information content (AvgIpc) is 2.79. The van der Waals surface area contributed by atoms with Gasteiger partial charge in [0, 0.05) is 50.5 Å². The highest BCUT2D eigenvalue weighted by atomic mass is 16.5. The molecule has 1 saturated heterocycles. The molecule has 2 aromatic carbocycles. The number of amides is 1. The molecule has 0 aromatic heterocycles. The maximum absolute atomic E-state index is 11.2. The summed E-state index contributed by atoms with van der Waals surface area (Å²) < 4.78 is 11.3. The number of hydrogen-bond acceptors (Lipinski definition) is 5. The summed E-state index contributed by atoms with van der Waals surface area (Å²) in [6.07, 6.45) is 4.65. The average molecular weight is 426 g/mol. The number of hydrogen-bond donors (Lipinski definition) is 1. The van der Waals surface area contributed by atoms with Gasteiger partial charge in [-0.05, 0) is 43.7 Å². The summed E-state index contributed by atoms with van der Waals surface area (Å²) in [4.78, 5) is 16.2. The topological polar surface area (TPSA) is 54.0 Å². The molecule has 0 spiro atoms. The van der Waals surface area contributed by atoms with Crippen molar-refractivity contribution in [1.82, 2.24) is 4.90 Å². The number of anilines is 2. The van der Waals surface area contributed by atoms with Crippen LogP contribution in [0.4, 0.5) is 11.4 Å². The number of carbonyl (C=O) groups excluding carboxylic acids is 1. The smallest absolute Gasteiger partial charge is 0.221 e. The normalized spacial score (nSPS) is 14.3. The van der Waals surface area contributed by atoms with E-state index in [0.29, 0.717) is 23.8 Å². The molecule has 31 heavy (non-hydrogen) atoms. The summed E-state index contributed by atoms with van der Waals surface area (Å²) in [5, 5.41) is 2.75. The Hall–Kier alpha value is -2.73. The standard InChI is InChI=1S/C25H35N3O3/c1-21(29)26-22-12-13-24(25(20-22)30-2)31-19-9-4-3-8-14-27-15-17-28(18-16-27)23-10-6-5-7-11-23/h5-7,10-13,20H,3-4,8-9,14-19H2,1-2H3,(H,26,29). The highest BCUT2D eigenvalue weighted by Gasteiger charge is 2.16. The van der Waals surface area contributed by atoms with Crippen LogP contribution in [0.2, 0.25) is 0 Å². The summed E-state index contributed by atoms with van der Waals surface area (Å²) in [7, 11) is 1.61. The maximum atomic E-state index is 11.2. The van der Waals surface area contributed by atoms with Crippen LogP contribution in [0.15, 0.2) is 48.5 Å². The molecule has 1 fully saturated rings. The third-order valence-corrected chi connectivity index (χ3v) is 5.60. The maximum Gasteiger partial charge on any atom is 0.221 e. The quantitative estimate of drug-likeness (QED) is 0.540. The van der Waals surface area contributed by atoms with Crippen LogP contribution < -0.4 is 19.7 Å². The lowest BCUT2D eigenvalue weighted by Crippen LogP contribution is -2.46. The van der Waals surface area contributed by atoms with E-state index in [9.17, 15) is 4.79 Å². The van der Waals surface area contributed by atoms with E-state index in [0.717, 1.165) is 39.0 Å². The second-order valence-corrected chi connectivity index (χ2v) is 7.97. The van der Waals surface area contributed by atoms with Gasteiger partial charge in [0.2, 0.25) is 5.91 Å². The minimum absolute atomic E-state index is 0.103. The first-order valence-corrected chi connectivity index (χ1v) is 11.3. The van der Waals surface area contributed by atoms with E-state index >= 15 is 0 Å². The number of carbonyl (C=O) groups is 1. The Morgan fingerprint density at radius 1 is 0.935 bits per heavy atom. The van der Waals surface area contributed by atoms with Gasteiger partial charge < -0.3 is 19.7 Å². The highest BCUT2D eigenvalue weighted by molar-refractivity contribution is 5.89. The van der Waals surface area contributed by atoms with Crippen molar-refractivity contribution in [2.45, 2.75) is 32.6 Å². The SMILES string of the molecule is COc1cc(NC(C)=O)ccc1OCCCCCCN1CCN(c2ccccc2)CC1. The van der Waals surface area contributed by atoms with E-state index in [-0.39, 0.29) is 5.91 Å². The lowest BCUT2D eigenvalue weighted by atomic mass is 10.2. The Balaban J connectivity index is 1.26. The zero-order chi connectivity index (χ0) is 21.9. The summed E-state index contributed by atoms with van der Waals surface area (Å²) in [5.41, 5.74) is 2.05. The number of piperazine rings is 1. The third kappa shape index (κ3) is 7.47. The van der Waals surface area contributed by atoms with Gasteiger partial charge in [-0.25, -0.2) is 0 Å². The minimum atomic E-state index is -0.103. The molecule has 0 saturated carbocycles. The Kier molecular flexibility index (Phi) is 9.03. The van der Waals surface area contributed by atoms with Crippen molar-refractivity contribution in [3.8, 4) is 11.5 Å². The van der Waals surface area contributed by atoms with Crippen molar-refractivity contribution in [3.63, 3.8) is 0 Å². The molecular weight excluding hydrogens is 390 g/mol. The Morgan fingerprint density at radius 2 is 1.68 bits per heavy atom. The molecule has 0 aliphatic carbocycles. The largest absolute Gasteiger partial charge is 0.493 e. The summed E-state index contributed by atoms with van der Waals surface area (Å²) in [6.45, 7) is 7.86. The van der Waals surface area contributed by atoms with E-state index in [2.05, 4.69) is 45.4 Å². The third-order valence-electron chi connectivity index (χ3n) is 5.60. The first-order chi connectivity index (χ1) is 15.2. The molecule has 0 bridgehead atoms. The van der Waals surface area contributed by atoms with E-state index in [4.69, 9.17) is 9.47 Å². The molecule has 1 aliphatic heterocycles. The summed E-state index contributed by atoms with van der Waals surface area (Å²) in [6, 6.07) is 16.2. The van der Waals surface area contributed by atoms with Gasteiger partial charge in [0.15, 0.2) is 11.5 Å².